The van der Waals surface area contributed by atoms with Crippen LogP contribution in [0.3, 0.4) is 0 Å². The first kappa shape index (κ1) is 12.0. The van der Waals surface area contributed by atoms with Gasteiger partial charge in [-0.05, 0) is 6.07 Å². The van der Waals surface area contributed by atoms with E-state index < -0.39 is 23.5 Å². The zero-order valence-corrected chi connectivity index (χ0v) is 9.14. The van der Waals surface area contributed by atoms with E-state index in [9.17, 15) is 18.8 Å². The summed E-state index contributed by atoms with van der Waals surface area (Å²) in [5.74, 6) is -2.77. The Hall–Kier alpha value is -2.51. The zero-order valence-electron chi connectivity index (χ0n) is 9.14. The lowest BCUT2D eigenvalue weighted by molar-refractivity contribution is -0.135. The number of halogens is 1. The quantitative estimate of drug-likeness (QED) is 0.617. The third-order valence-corrected chi connectivity index (χ3v) is 2.35. The second-order valence-electron chi connectivity index (χ2n) is 3.72. The number of rotatable bonds is 1. The number of amides is 3. The Balaban J connectivity index is 2.28. The van der Waals surface area contributed by atoms with Crippen LogP contribution in [0, 0.1) is 5.82 Å². The average molecular weight is 252 g/mol. The smallest absolute Gasteiger partial charge is 0.258 e. The molecule has 1 fully saturated rings. The SMILES string of the molecule is Nc1ncc(F)cc1C(=O)N1CC(=O)NC(=O)C1. The fourth-order valence-corrected chi connectivity index (χ4v) is 1.57. The highest BCUT2D eigenvalue weighted by Gasteiger charge is 2.28. The summed E-state index contributed by atoms with van der Waals surface area (Å²) >= 11 is 0. The molecule has 1 aromatic heterocycles. The van der Waals surface area contributed by atoms with Crippen molar-refractivity contribution in [2.24, 2.45) is 0 Å². The van der Waals surface area contributed by atoms with E-state index in [2.05, 4.69) is 4.98 Å². The maximum absolute atomic E-state index is 13.0. The number of nitrogens with one attached hydrogen (secondary N) is 1. The molecule has 0 bridgehead atoms. The fraction of sp³-hybridized carbons (Fsp3) is 0.200. The molecule has 2 heterocycles. The number of carbonyl (C=O) groups excluding carboxylic acids is 3. The molecule has 0 aliphatic carbocycles. The van der Waals surface area contributed by atoms with E-state index in [1.165, 1.54) is 0 Å². The molecule has 0 radical (unpaired) electrons. The van der Waals surface area contributed by atoms with Crippen molar-refractivity contribution in [1.82, 2.24) is 15.2 Å². The summed E-state index contributed by atoms with van der Waals surface area (Å²) in [6.07, 6.45) is 0.875. The number of pyridine rings is 1. The zero-order chi connectivity index (χ0) is 13.3. The number of nitrogens with two attached hydrogens (primary N) is 1. The van der Waals surface area contributed by atoms with Crippen LogP contribution in [0.1, 0.15) is 10.4 Å². The van der Waals surface area contributed by atoms with Crippen LogP contribution < -0.4 is 11.1 Å². The highest BCUT2D eigenvalue weighted by atomic mass is 19.1. The van der Waals surface area contributed by atoms with Crippen LogP contribution in [0.4, 0.5) is 10.2 Å². The van der Waals surface area contributed by atoms with Gasteiger partial charge >= 0.3 is 0 Å². The van der Waals surface area contributed by atoms with Gasteiger partial charge in [0.25, 0.3) is 5.91 Å². The lowest BCUT2D eigenvalue weighted by Gasteiger charge is -2.25. The Morgan fingerprint density at radius 2 is 2.00 bits per heavy atom. The van der Waals surface area contributed by atoms with Gasteiger partial charge in [0.15, 0.2) is 0 Å². The highest BCUT2D eigenvalue weighted by Crippen LogP contribution is 2.13. The molecule has 0 unspecified atom stereocenters. The van der Waals surface area contributed by atoms with E-state index in [4.69, 9.17) is 5.73 Å². The van der Waals surface area contributed by atoms with Crippen LogP contribution in [0.25, 0.3) is 0 Å². The summed E-state index contributed by atoms with van der Waals surface area (Å²) in [6.45, 7) is -0.555. The van der Waals surface area contributed by atoms with Gasteiger partial charge in [-0.1, -0.05) is 0 Å². The maximum atomic E-state index is 13.0. The molecule has 0 aromatic carbocycles. The first-order chi connectivity index (χ1) is 8.47. The molecular weight excluding hydrogens is 243 g/mol. The lowest BCUT2D eigenvalue weighted by Crippen LogP contribution is -2.53. The van der Waals surface area contributed by atoms with Gasteiger partial charge in [0, 0.05) is 0 Å². The number of hydrogen-bond donors (Lipinski definition) is 2. The van der Waals surface area contributed by atoms with Gasteiger partial charge in [-0.2, -0.15) is 0 Å². The number of hydrogen-bond acceptors (Lipinski definition) is 5. The minimum absolute atomic E-state index is 0.153. The number of nitrogens with zero attached hydrogens (tertiary/aromatic N) is 2. The van der Waals surface area contributed by atoms with Crippen molar-refractivity contribution in [3.8, 4) is 0 Å². The van der Waals surface area contributed by atoms with Crippen molar-refractivity contribution in [2.45, 2.75) is 0 Å². The van der Waals surface area contributed by atoms with Crippen molar-refractivity contribution in [2.75, 3.05) is 18.8 Å². The molecule has 1 aromatic rings. The molecule has 94 valence electrons. The molecule has 0 saturated carbocycles. The first-order valence-corrected chi connectivity index (χ1v) is 5.00. The monoisotopic (exact) mass is 252 g/mol. The molecule has 3 N–H and O–H groups in total. The van der Waals surface area contributed by atoms with Crippen LogP contribution in [0.2, 0.25) is 0 Å². The van der Waals surface area contributed by atoms with Crippen molar-refractivity contribution in [3.05, 3.63) is 23.6 Å². The second-order valence-corrected chi connectivity index (χ2v) is 3.72. The van der Waals surface area contributed by atoms with E-state index in [0.29, 0.717) is 0 Å². The lowest BCUT2D eigenvalue weighted by atomic mass is 10.2. The number of imide groups is 1. The topological polar surface area (TPSA) is 105 Å². The van der Waals surface area contributed by atoms with Gasteiger partial charge in [0.2, 0.25) is 11.8 Å². The molecular formula is C10H9FN4O3. The van der Waals surface area contributed by atoms with E-state index in [0.717, 1.165) is 17.2 Å². The van der Waals surface area contributed by atoms with Crippen molar-refractivity contribution in [3.63, 3.8) is 0 Å². The summed E-state index contributed by atoms with van der Waals surface area (Å²) < 4.78 is 13.0. The highest BCUT2D eigenvalue weighted by molar-refractivity contribution is 6.07. The van der Waals surface area contributed by atoms with Crippen LogP contribution in [-0.4, -0.2) is 40.7 Å². The van der Waals surface area contributed by atoms with Gasteiger partial charge in [-0.15, -0.1) is 0 Å². The molecule has 8 heteroatoms. The molecule has 1 aliphatic rings. The van der Waals surface area contributed by atoms with Gasteiger partial charge in [0.05, 0.1) is 11.8 Å². The van der Waals surface area contributed by atoms with Crippen molar-refractivity contribution >= 4 is 23.5 Å². The number of piperazine rings is 1. The Bertz CT molecular complexity index is 530. The van der Waals surface area contributed by atoms with Gasteiger partial charge in [-0.3, -0.25) is 19.7 Å². The Morgan fingerprint density at radius 3 is 2.61 bits per heavy atom. The van der Waals surface area contributed by atoms with Crippen LogP contribution in [0.5, 0.6) is 0 Å². The summed E-state index contributed by atoms with van der Waals surface area (Å²) in [5.41, 5.74) is 5.29. The fourth-order valence-electron chi connectivity index (χ4n) is 1.57. The Kier molecular flexibility index (Phi) is 2.92. The van der Waals surface area contributed by atoms with Crippen LogP contribution in [0.15, 0.2) is 12.3 Å². The molecule has 0 spiro atoms. The second kappa shape index (κ2) is 4.40. The van der Waals surface area contributed by atoms with Crippen molar-refractivity contribution in [1.29, 1.82) is 0 Å². The molecule has 7 nitrogen and oxygen atoms in total. The number of nitrogen functional groups attached to an aromatic ring is 1. The predicted octanol–water partition coefficient (Wildman–Crippen LogP) is -1.10. The number of carbonyl (C=O) groups is 3. The minimum Gasteiger partial charge on any atom is -0.383 e. The van der Waals surface area contributed by atoms with Crippen LogP contribution >= 0.6 is 0 Å². The van der Waals surface area contributed by atoms with Gasteiger partial charge in [-0.25, -0.2) is 9.37 Å². The Labute approximate surface area is 101 Å². The van der Waals surface area contributed by atoms with E-state index in [-0.39, 0.29) is 24.5 Å². The molecule has 1 saturated heterocycles. The average Bonchev–Trinajstić information content (AvgIpc) is 2.30. The minimum atomic E-state index is -0.722. The maximum Gasteiger partial charge on any atom is 0.258 e. The molecule has 1 aliphatic heterocycles. The van der Waals surface area contributed by atoms with Crippen molar-refractivity contribution < 1.29 is 18.8 Å². The molecule has 3 amide bonds. The standard InChI is InChI=1S/C10H9FN4O3/c11-5-1-6(9(12)13-2-5)10(18)15-3-7(16)14-8(17)4-15/h1-2H,3-4H2,(H2,12,13)(H,14,16,17). The third-order valence-electron chi connectivity index (χ3n) is 2.35. The molecule has 18 heavy (non-hydrogen) atoms. The van der Waals surface area contributed by atoms with Crippen LogP contribution in [-0.2, 0) is 9.59 Å². The predicted molar refractivity (Wildman–Crippen MR) is 57.7 cm³/mol. The largest absolute Gasteiger partial charge is 0.383 e. The van der Waals surface area contributed by atoms with Gasteiger partial charge in [0.1, 0.15) is 24.7 Å². The Morgan fingerprint density at radius 1 is 1.39 bits per heavy atom. The number of aromatic nitrogens is 1. The summed E-state index contributed by atoms with van der Waals surface area (Å²) in [5, 5.41) is 2.05. The normalized spacial score (nSPS) is 15.5. The number of anilines is 1. The third kappa shape index (κ3) is 2.26. The van der Waals surface area contributed by atoms with Gasteiger partial charge < -0.3 is 10.6 Å². The molecule has 0 atom stereocenters. The van der Waals surface area contributed by atoms with E-state index >= 15 is 0 Å². The summed E-state index contributed by atoms with van der Waals surface area (Å²) in [6, 6.07) is 0.918. The van der Waals surface area contributed by atoms with E-state index in [1.54, 1.807) is 0 Å². The summed E-state index contributed by atoms with van der Waals surface area (Å²) in [7, 11) is 0. The summed E-state index contributed by atoms with van der Waals surface area (Å²) in [4.78, 5) is 38.7. The molecule has 2 rings (SSSR count). The first-order valence-electron chi connectivity index (χ1n) is 5.00. The van der Waals surface area contributed by atoms with E-state index in [1.807, 2.05) is 5.32 Å².